The van der Waals surface area contributed by atoms with Crippen molar-refractivity contribution < 1.29 is 23.1 Å². The van der Waals surface area contributed by atoms with Crippen LogP contribution in [0.5, 0.6) is 5.75 Å². The zero-order valence-corrected chi connectivity index (χ0v) is 17.4. The number of carbonyl (C=O) groups is 2. The molecule has 168 valence electrons. The lowest BCUT2D eigenvalue weighted by Gasteiger charge is -2.24. The summed E-state index contributed by atoms with van der Waals surface area (Å²) in [6, 6.07) is 13.5. The third-order valence-corrected chi connectivity index (χ3v) is 5.53. The molecule has 1 aliphatic heterocycles. The summed E-state index contributed by atoms with van der Waals surface area (Å²) in [4.78, 5) is 26.6. The molecule has 0 aliphatic carbocycles. The quantitative estimate of drug-likeness (QED) is 0.516. The molecule has 1 aliphatic rings. The summed E-state index contributed by atoms with van der Waals surface area (Å²) in [5, 5.41) is 8.38. The van der Waals surface area contributed by atoms with Crippen molar-refractivity contribution in [1.82, 2.24) is 20.0 Å². The molecular formula is C23H24F2N4O3. The standard InChI is InChI=1S/C23H24F2N4O3/c24-23(25)32-18-8-6-16(7-9-18)15-28-20(10-11-21(28)30)22(31)26-12-3-13-29-19-5-2-1-4-17(19)14-27-29/h1-2,4-9,14,20,23H,3,10-13,15H2,(H,26,31). The second-order valence-corrected chi connectivity index (χ2v) is 7.67. The number of likely N-dealkylation sites (tertiary alicyclic amines) is 1. The molecule has 4 rings (SSSR count). The van der Waals surface area contributed by atoms with E-state index in [9.17, 15) is 18.4 Å². The Hall–Kier alpha value is -3.49. The average Bonchev–Trinajstić information content (AvgIpc) is 3.36. The number of benzene rings is 2. The zero-order valence-electron chi connectivity index (χ0n) is 17.4. The monoisotopic (exact) mass is 442 g/mol. The van der Waals surface area contributed by atoms with Gasteiger partial charge in [-0.25, -0.2) is 0 Å². The Morgan fingerprint density at radius 2 is 1.97 bits per heavy atom. The minimum Gasteiger partial charge on any atom is -0.435 e. The number of aromatic nitrogens is 2. The summed E-state index contributed by atoms with van der Waals surface area (Å²) in [5.74, 6) is -0.226. The van der Waals surface area contributed by atoms with Gasteiger partial charge in [-0.05, 0) is 36.6 Å². The Kier molecular flexibility index (Phi) is 6.63. The highest BCUT2D eigenvalue weighted by molar-refractivity contribution is 5.90. The van der Waals surface area contributed by atoms with E-state index in [0.717, 1.165) is 16.5 Å². The molecule has 9 heteroatoms. The lowest BCUT2D eigenvalue weighted by atomic mass is 10.1. The average molecular weight is 442 g/mol. The van der Waals surface area contributed by atoms with E-state index in [2.05, 4.69) is 15.2 Å². The molecule has 1 fully saturated rings. The highest BCUT2D eigenvalue weighted by atomic mass is 19.3. The first-order valence-corrected chi connectivity index (χ1v) is 10.5. The van der Waals surface area contributed by atoms with E-state index in [4.69, 9.17) is 0 Å². The fourth-order valence-corrected chi connectivity index (χ4v) is 3.94. The van der Waals surface area contributed by atoms with Crippen LogP contribution in [0, 0.1) is 0 Å². The molecule has 1 unspecified atom stereocenters. The highest BCUT2D eigenvalue weighted by Gasteiger charge is 2.35. The van der Waals surface area contributed by atoms with Gasteiger partial charge < -0.3 is 15.0 Å². The summed E-state index contributed by atoms with van der Waals surface area (Å²) in [6.07, 6.45) is 3.30. The van der Waals surface area contributed by atoms with Crippen molar-refractivity contribution in [3.8, 4) is 5.75 Å². The van der Waals surface area contributed by atoms with Crippen LogP contribution in [-0.2, 0) is 22.7 Å². The van der Waals surface area contributed by atoms with Crippen LogP contribution in [0.15, 0.2) is 54.7 Å². The Morgan fingerprint density at radius 1 is 1.19 bits per heavy atom. The van der Waals surface area contributed by atoms with Gasteiger partial charge in [-0.15, -0.1) is 0 Å². The van der Waals surface area contributed by atoms with Crippen LogP contribution in [0.3, 0.4) is 0 Å². The third kappa shape index (κ3) is 5.04. The molecule has 7 nitrogen and oxygen atoms in total. The fraction of sp³-hybridized carbons (Fsp3) is 0.348. The number of nitrogens with zero attached hydrogens (tertiary/aromatic N) is 3. The summed E-state index contributed by atoms with van der Waals surface area (Å²) in [7, 11) is 0. The number of rotatable bonds is 9. The van der Waals surface area contributed by atoms with E-state index in [1.165, 1.54) is 12.1 Å². The molecule has 1 saturated heterocycles. The second kappa shape index (κ2) is 9.76. The number of para-hydroxylation sites is 1. The molecule has 0 bridgehead atoms. The van der Waals surface area contributed by atoms with Crippen LogP contribution in [0.25, 0.3) is 10.9 Å². The van der Waals surface area contributed by atoms with Gasteiger partial charge in [0, 0.05) is 31.4 Å². The van der Waals surface area contributed by atoms with Crippen LogP contribution in [0.1, 0.15) is 24.8 Å². The van der Waals surface area contributed by atoms with Crippen molar-refractivity contribution in [2.45, 2.75) is 45.0 Å². The van der Waals surface area contributed by atoms with Crippen LogP contribution in [0.2, 0.25) is 0 Å². The van der Waals surface area contributed by atoms with Crippen molar-refractivity contribution in [3.63, 3.8) is 0 Å². The lowest BCUT2D eigenvalue weighted by Crippen LogP contribution is -2.44. The number of amides is 2. The van der Waals surface area contributed by atoms with E-state index in [-0.39, 0.29) is 24.1 Å². The highest BCUT2D eigenvalue weighted by Crippen LogP contribution is 2.23. The molecule has 0 saturated carbocycles. The molecule has 1 aromatic heterocycles. The molecule has 2 heterocycles. The maximum atomic E-state index is 12.7. The van der Waals surface area contributed by atoms with Gasteiger partial charge in [-0.3, -0.25) is 14.3 Å². The Labute approximate surface area is 183 Å². The van der Waals surface area contributed by atoms with E-state index >= 15 is 0 Å². The number of fused-ring (bicyclic) bond motifs is 1. The molecule has 0 radical (unpaired) electrons. The van der Waals surface area contributed by atoms with Crippen LogP contribution in [0.4, 0.5) is 8.78 Å². The lowest BCUT2D eigenvalue weighted by molar-refractivity contribution is -0.135. The minimum absolute atomic E-state index is 0.0516. The van der Waals surface area contributed by atoms with Crippen molar-refractivity contribution in [2.75, 3.05) is 6.54 Å². The maximum absolute atomic E-state index is 12.7. The second-order valence-electron chi connectivity index (χ2n) is 7.67. The normalized spacial score (nSPS) is 16.2. The van der Waals surface area contributed by atoms with Gasteiger partial charge in [-0.1, -0.05) is 30.3 Å². The molecule has 2 amide bonds. The first-order valence-electron chi connectivity index (χ1n) is 10.5. The molecular weight excluding hydrogens is 418 g/mol. The first-order chi connectivity index (χ1) is 15.5. The van der Waals surface area contributed by atoms with Crippen molar-refractivity contribution in [2.24, 2.45) is 0 Å². The molecule has 32 heavy (non-hydrogen) atoms. The van der Waals surface area contributed by atoms with Gasteiger partial charge in [0.1, 0.15) is 11.8 Å². The number of ether oxygens (including phenoxy) is 1. The maximum Gasteiger partial charge on any atom is 0.387 e. The molecule has 1 N–H and O–H groups in total. The van der Waals surface area contributed by atoms with Crippen LogP contribution < -0.4 is 10.1 Å². The number of aryl methyl sites for hydroxylation is 1. The largest absolute Gasteiger partial charge is 0.435 e. The van der Waals surface area contributed by atoms with Gasteiger partial charge in [-0.2, -0.15) is 13.9 Å². The molecule has 2 aromatic carbocycles. The SMILES string of the molecule is O=C(NCCCn1ncc2ccccc21)C1CCC(=O)N1Cc1ccc(OC(F)F)cc1. The topological polar surface area (TPSA) is 76.5 Å². The predicted octanol–water partition coefficient (Wildman–Crippen LogP) is 3.34. The number of nitrogens with one attached hydrogen (secondary N) is 1. The first kappa shape index (κ1) is 21.7. The van der Waals surface area contributed by atoms with Gasteiger partial charge in [0.15, 0.2) is 0 Å². The van der Waals surface area contributed by atoms with E-state index < -0.39 is 12.7 Å². The molecule has 3 aromatic rings. The smallest absolute Gasteiger partial charge is 0.387 e. The zero-order chi connectivity index (χ0) is 22.5. The van der Waals surface area contributed by atoms with Crippen molar-refractivity contribution in [3.05, 3.63) is 60.3 Å². The Bertz CT molecular complexity index is 1080. The molecule has 1 atom stereocenters. The van der Waals surface area contributed by atoms with Gasteiger partial charge >= 0.3 is 6.61 Å². The van der Waals surface area contributed by atoms with Gasteiger partial charge in [0.05, 0.1) is 11.7 Å². The number of alkyl halides is 2. The predicted molar refractivity (Wildman–Crippen MR) is 114 cm³/mol. The van der Waals surface area contributed by atoms with Gasteiger partial charge in [0.2, 0.25) is 11.8 Å². The van der Waals surface area contributed by atoms with Crippen LogP contribution in [-0.4, -0.2) is 45.7 Å². The Morgan fingerprint density at radius 3 is 2.75 bits per heavy atom. The number of halogens is 2. The van der Waals surface area contributed by atoms with Gasteiger partial charge in [0.25, 0.3) is 0 Å². The molecule has 0 spiro atoms. The third-order valence-electron chi connectivity index (χ3n) is 5.53. The van der Waals surface area contributed by atoms with Crippen LogP contribution >= 0.6 is 0 Å². The van der Waals surface area contributed by atoms with E-state index in [0.29, 0.717) is 32.4 Å². The summed E-state index contributed by atoms with van der Waals surface area (Å²) >= 11 is 0. The Balaban J connectivity index is 1.29. The summed E-state index contributed by atoms with van der Waals surface area (Å²) in [6.45, 7) is -1.49. The van der Waals surface area contributed by atoms with Crippen molar-refractivity contribution >= 4 is 22.7 Å². The van der Waals surface area contributed by atoms with E-state index in [1.54, 1.807) is 17.0 Å². The number of hydrogen-bond acceptors (Lipinski definition) is 4. The summed E-state index contributed by atoms with van der Waals surface area (Å²) < 4.78 is 30.8. The van der Waals surface area contributed by atoms with E-state index in [1.807, 2.05) is 35.1 Å². The number of hydrogen-bond donors (Lipinski definition) is 1. The minimum atomic E-state index is -2.89. The summed E-state index contributed by atoms with van der Waals surface area (Å²) in [5.41, 5.74) is 1.79. The van der Waals surface area contributed by atoms with Crippen molar-refractivity contribution in [1.29, 1.82) is 0 Å². The number of carbonyl (C=O) groups excluding carboxylic acids is 2. The fourth-order valence-electron chi connectivity index (χ4n) is 3.94.